The zero-order valence-electron chi connectivity index (χ0n) is 22.8. The van der Waals surface area contributed by atoms with Crippen LogP contribution in [0.25, 0.3) is 0 Å². The monoisotopic (exact) mass is 584 g/mol. The highest BCUT2D eigenvalue weighted by atomic mass is 35.5. The highest BCUT2D eigenvalue weighted by molar-refractivity contribution is 7.90. The number of nitrogens with zero attached hydrogens (tertiary/aromatic N) is 1. The first-order valence-electron chi connectivity index (χ1n) is 14.3. The van der Waals surface area contributed by atoms with Crippen molar-refractivity contribution in [2.45, 2.75) is 68.6 Å². The Bertz CT molecular complexity index is 1440. The predicted octanol–water partition coefficient (Wildman–Crippen LogP) is 5.00. The minimum Gasteiger partial charge on any atom is -0.490 e. The second kappa shape index (κ2) is 10.7. The number of halogens is 1. The number of nitrogens with one attached hydrogen (secondary N) is 1. The lowest BCUT2D eigenvalue weighted by molar-refractivity contribution is 0.0980. The predicted molar refractivity (Wildman–Crippen MR) is 157 cm³/mol. The Morgan fingerprint density at radius 1 is 1.10 bits per heavy atom. The van der Waals surface area contributed by atoms with Crippen molar-refractivity contribution in [2.75, 3.05) is 24.6 Å². The lowest BCUT2D eigenvalue weighted by Crippen LogP contribution is -2.48. The Kier molecular flexibility index (Phi) is 7.38. The number of hydrogen-bond acceptors (Lipinski definition) is 6. The summed E-state index contributed by atoms with van der Waals surface area (Å²) in [6.45, 7) is 3.54. The number of anilines is 1. The minimum atomic E-state index is -4.08. The molecule has 2 aromatic carbocycles. The van der Waals surface area contributed by atoms with Crippen LogP contribution in [0.15, 0.2) is 48.6 Å². The molecule has 0 radical (unpaired) electrons. The fourth-order valence-electron chi connectivity index (χ4n) is 6.91. The summed E-state index contributed by atoms with van der Waals surface area (Å²) in [6.07, 6.45) is 9.29. The first-order chi connectivity index (χ1) is 19.1. The van der Waals surface area contributed by atoms with Gasteiger partial charge in [0.25, 0.3) is 5.91 Å². The summed E-state index contributed by atoms with van der Waals surface area (Å²) in [5, 5.41) is 10.1. The van der Waals surface area contributed by atoms with Crippen LogP contribution < -0.4 is 14.4 Å². The van der Waals surface area contributed by atoms with Gasteiger partial charge in [0.2, 0.25) is 10.0 Å². The number of aliphatic hydroxyl groups excluding tert-OH is 1. The molecule has 2 aliphatic heterocycles. The van der Waals surface area contributed by atoms with E-state index in [4.69, 9.17) is 16.3 Å². The van der Waals surface area contributed by atoms with Gasteiger partial charge in [-0.05, 0) is 105 Å². The number of ether oxygens (including phenoxy) is 1. The molecule has 5 atom stereocenters. The lowest BCUT2D eigenvalue weighted by atomic mass is 9.69. The Hall–Kier alpha value is -2.55. The third-order valence-electron chi connectivity index (χ3n) is 9.58. The molecular weight excluding hydrogens is 548 g/mol. The van der Waals surface area contributed by atoms with Gasteiger partial charge in [-0.15, -0.1) is 0 Å². The van der Waals surface area contributed by atoms with E-state index in [0.717, 1.165) is 62.3 Å². The lowest BCUT2D eigenvalue weighted by Gasteiger charge is -2.44. The summed E-state index contributed by atoms with van der Waals surface area (Å²) >= 11 is 6.37. The molecule has 6 rings (SSSR count). The van der Waals surface area contributed by atoms with Crippen molar-refractivity contribution >= 4 is 33.2 Å². The number of sulfonamides is 1. The van der Waals surface area contributed by atoms with E-state index in [0.29, 0.717) is 24.2 Å². The van der Waals surface area contributed by atoms with Crippen LogP contribution in [-0.4, -0.2) is 50.5 Å². The molecule has 2 aromatic rings. The average molecular weight is 585 g/mol. The van der Waals surface area contributed by atoms with E-state index in [2.05, 4.69) is 27.8 Å². The van der Waals surface area contributed by atoms with E-state index in [1.807, 2.05) is 12.1 Å². The molecule has 7 nitrogen and oxygen atoms in total. The zero-order chi connectivity index (χ0) is 28.1. The van der Waals surface area contributed by atoms with Crippen LogP contribution in [0.5, 0.6) is 5.75 Å². The van der Waals surface area contributed by atoms with Gasteiger partial charge >= 0.3 is 0 Å². The second-order valence-corrected chi connectivity index (χ2v) is 14.6. The number of fused-ring (bicyclic) bond motifs is 4. The fourth-order valence-corrected chi connectivity index (χ4v) is 8.19. The highest BCUT2D eigenvalue weighted by Gasteiger charge is 2.43. The number of amides is 1. The van der Waals surface area contributed by atoms with Crippen LogP contribution in [0.3, 0.4) is 0 Å². The molecule has 4 aliphatic rings. The summed E-state index contributed by atoms with van der Waals surface area (Å²) in [5.41, 5.74) is 3.42. The zero-order valence-corrected chi connectivity index (χ0v) is 24.4. The molecule has 2 N–H and O–H groups in total. The molecule has 0 aromatic heterocycles. The van der Waals surface area contributed by atoms with Crippen LogP contribution >= 0.6 is 11.6 Å². The molecule has 1 amide bonds. The number of aryl methyl sites for hydroxylation is 1. The number of allylic oxidation sites excluding steroid dienone is 1. The number of aliphatic hydroxyl groups is 1. The fraction of sp³-hybridized carbons (Fsp3) is 0.516. The summed E-state index contributed by atoms with van der Waals surface area (Å²) in [5.74, 6) is 1.02. The molecule has 2 aliphatic carbocycles. The van der Waals surface area contributed by atoms with Gasteiger partial charge in [0.15, 0.2) is 0 Å². The maximum atomic E-state index is 13.2. The van der Waals surface area contributed by atoms with E-state index in [1.165, 1.54) is 18.1 Å². The first-order valence-corrected chi connectivity index (χ1v) is 16.3. The molecule has 214 valence electrons. The van der Waals surface area contributed by atoms with Crippen LogP contribution in [0, 0.1) is 11.8 Å². The van der Waals surface area contributed by atoms with Gasteiger partial charge in [-0.1, -0.05) is 29.8 Å². The maximum absolute atomic E-state index is 13.2. The topological polar surface area (TPSA) is 95.9 Å². The van der Waals surface area contributed by atoms with Crippen molar-refractivity contribution in [2.24, 2.45) is 11.8 Å². The van der Waals surface area contributed by atoms with Crippen molar-refractivity contribution < 1.29 is 23.1 Å². The van der Waals surface area contributed by atoms with Crippen molar-refractivity contribution in [3.05, 3.63) is 70.3 Å². The molecule has 1 fully saturated rings. The van der Waals surface area contributed by atoms with E-state index < -0.39 is 27.3 Å². The number of carbonyl (C=O) groups is 1. The Balaban J connectivity index is 1.41. The van der Waals surface area contributed by atoms with E-state index in [9.17, 15) is 18.3 Å². The summed E-state index contributed by atoms with van der Waals surface area (Å²) in [7, 11) is -4.08. The minimum absolute atomic E-state index is 0.214. The number of rotatable bonds is 0. The Morgan fingerprint density at radius 3 is 2.70 bits per heavy atom. The number of carbonyl (C=O) groups excluding carboxylic acids is 1. The standard InChI is InChI=1S/C31H37ClN2O5S/c1-20-28(35)7-3-2-5-21-8-9-24(21)17-34-18-31(14-4-6-22-15-25(32)11-12-26(22)31)19-39-29-13-10-23(16-27(29)34)30(36)33-40(20,37)38/h2-3,10-13,15-16,20-21,24,28,35H,4-9,14,17-19H2,1H3,(H,33,36)/b3-2-/t20-,21-,24+,28-,31+/m1/s1. The number of benzene rings is 2. The number of hydrogen-bond donors (Lipinski definition) is 2. The summed E-state index contributed by atoms with van der Waals surface area (Å²) < 4.78 is 34.6. The van der Waals surface area contributed by atoms with E-state index >= 15 is 0 Å². The smallest absolute Gasteiger partial charge is 0.264 e. The van der Waals surface area contributed by atoms with Crippen molar-refractivity contribution in [3.63, 3.8) is 0 Å². The van der Waals surface area contributed by atoms with Crippen molar-refractivity contribution in [3.8, 4) is 5.75 Å². The second-order valence-electron chi connectivity index (χ2n) is 12.1. The molecular formula is C31H37ClN2O5S. The molecule has 0 saturated heterocycles. The van der Waals surface area contributed by atoms with Gasteiger partial charge in [0.1, 0.15) is 11.0 Å². The van der Waals surface area contributed by atoms with Gasteiger partial charge in [-0.3, -0.25) is 4.79 Å². The van der Waals surface area contributed by atoms with Gasteiger partial charge in [0.05, 0.1) is 18.4 Å². The summed E-state index contributed by atoms with van der Waals surface area (Å²) in [6, 6.07) is 11.4. The normalized spacial score (nSPS) is 32.5. The van der Waals surface area contributed by atoms with E-state index in [-0.39, 0.29) is 17.4 Å². The van der Waals surface area contributed by atoms with Gasteiger partial charge in [0, 0.05) is 29.1 Å². The molecule has 1 saturated carbocycles. The molecule has 9 heteroatoms. The van der Waals surface area contributed by atoms with Crippen LogP contribution in [-0.2, 0) is 21.9 Å². The van der Waals surface area contributed by atoms with Gasteiger partial charge < -0.3 is 14.7 Å². The Morgan fingerprint density at radius 2 is 1.90 bits per heavy atom. The molecule has 2 bridgehead atoms. The van der Waals surface area contributed by atoms with Crippen LogP contribution in [0.4, 0.5) is 5.69 Å². The van der Waals surface area contributed by atoms with Crippen molar-refractivity contribution in [1.82, 2.24) is 4.72 Å². The molecule has 1 spiro atoms. The van der Waals surface area contributed by atoms with Crippen LogP contribution in [0.2, 0.25) is 5.02 Å². The summed E-state index contributed by atoms with van der Waals surface area (Å²) in [4.78, 5) is 15.6. The third-order valence-corrected chi connectivity index (χ3v) is 11.6. The largest absolute Gasteiger partial charge is 0.490 e. The van der Waals surface area contributed by atoms with Crippen molar-refractivity contribution in [1.29, 1.82) is 0 Å². The maximum Gasteiger partial charge on any atom is 0.264 e. The first kappa shape index (κ1) is 27.6. The Labute approximate surface area is 241 Å². The SMILES string of the molecule is C[C@@H]1[C@H](O)C/C=C\C[C@@H]2CC[C@H]2CN2C[C@@]3(CCCc4cc(Cl)ccc43)COc3ccc(cc32)C(=O)NS1(=O)=O. The van der Waals surface area contributed by atoms with Gasteiger partial charge in [-0.2, -0.15) is 0 Å². The van der Waals surface area contributed by atoms with E-state index in [1.54, 1.807) is 18.2 Å². The molecule has 0 unspecified atom stereocenters. The quantitative estimate of drug-likeness (QED) is 0.423. The third kappa shape index (κ3) is 5.14. The molecule has 2 heterocycles. The van der Waals surface area contributed by atoms with Gasteiger partial charge in [-0.25, -0.2) is 13.1 Å². The highest BCUT2D eigenvalue weighted by Crippen LogP contribution is 2.46. The average Bonchev–Trinajstić information content (AvgIpc) is 3.06. The molecule has 40 heavy (non-hydrogen) atoms. The van der Waals surface area contributed by atoms with Crippen LogP contribution in [0.1, 0.15) is 66.9 Å².